The van der Waals surface area contributed by atoms with Crippen LogP contribution in [0.1, 0.15) is 41.0 Å². The fraction of sp³-hybridized carbons (Fsp3) is 1.00. The Labute approximate surface area is 112 Å². The Kier molecular flexibility index (Phi) is 6.90. The Hall–Kier alpha value is 0.270. The van der Waals surface area contributed by atoms with E-state index in [0.29, 0.717) is 6.04 Å². The molecule has 0 saturated carbocycles. The molecular weight excluding hydrogens is 228 g/mol. The van der Waals surface area contributed by atoms with Crippen LogP contribution in [0.5, 0.6) is 0 Å². The van der Waals surface area contributed by atoms with Gasteiger partial charge in [0.15, 0.2) is 0 Å². The number of nitrogens with zero attached hydrogens (tertiary/aromatic N) is 1. The van der Waals surface area contributed by atoms with Crippen molar-refractivity contribution >= 4 is 11.8 Å². The zero-order valence-electron chi connectivity index (χ0n) is 12.2. The van der Waals surface area contributed by atoms with Crippen LogP contribution in [0.2, 0.25) is 0 Å². The van der Waals surface area contributed by atoms with Crippen molar-refractivity contribution in [1.29, 1.82) is 0 Å². The molecule has 0 spiro atoms. The highest BCUT2D eigenvalue weighted by Gasteiger charge is 2.28. The van der Waals surface area contributed by atoms with Crippen LogP contribution in [-0.4, -0.2) is 47.6 Å². The molecule has 1 N–H and O–H groups in total. The Morgan fingerprint density at radius 2 is 2.00 bits per heavy atom. The van der Waals surface area contributed by atoms with Gasteiger partial charge in [-0.15, -0.1) is 0 Å². The summed E-state index contributed by atoms with van der Waals surface area (Å²) >= 11 is 2.12. The molecular formula is C14H30N2S. The van der Waals surface area contributed by atoms with E-state index in [1.54, 1.807) is 0 Å². The monoisotopic (exact) mass is 258 g/mol. The summed E-state index contributed by atoms with van der Waals surface area (Å²) in [7, 11) is 0. The molecule has 1 fully saturated rings. The van der Waals surface area contributed by atoms with E-state index in [1.807, 2.05) is 0 Å². The third kappa shape index (κ3) is 5.19. The third-order valence-electron chi connectivity index (χ3n) is 3.79. The van der Waals surface area contributed by atoms with Crippen LogP contribution in [-0.2, 0) is 0 Å². The average molecular weight is 258 g/mol. The van der Waals surface area contributed by atoms with Crippen molar-refractivity contribution in [3.8, 4) is 0 Å². The number of rotatable bonds is 6. The predicted molar refractivity (Wildman–Crippen MR) is 79.9 cm³/mol. The molecule has 2 nitrogen and oxygen atoms in total. The van der Waals surface area contributed by atoms with E-state index in [1.165, 1.54) is 18.7 Å². The van der Waals surface area contributed by atoms with Crippen molar-refractivity contribution in [2.24, 2.45) is 5.92 Å². The number of hydrogen-bond donors (Lipinski definition) is 1. The molecule has 1 aliphatic heterocycles. The highest BCUT2D eigenvalue weighted by atomic mass is 32.2. The van der Waals surface area contributed by atoms with Gasteiger partial charge in [-0.1, -0.05) is 20.8 Å². The molecule has 1 saturated heterocycles. The van der Waals surface area contributed by atoms with Gasteiger partial charge in [-0.05, 0) is 39.3 Å². The summed E-state index contributed by atoms with van der Waals surface area (Å²) in [6.45, 7) is 15.2. The van der Waals surface area contributed by atoms with Crippen molar-refractivity contribution in [2.45, 2.75) is 58.4 Å². The first-order chi connectivity index (χ1) is 8.02. The lowest BCUT2D eigenvalue weighted by Crippen LogP contribution is -2.49. The highest BCUT2D eigenvalue weighted by molar-refractivity contribution is 8.00. The molecule has 1 rings (SSSR count). The minimum absolute atomic E-state index is 0.716. The normalized spacial score (nSPS) is 28.6. The maximum Gasteiger partial charge on any atom is 0.0186 e. The first-order valence-corrected chi connectivity index (χ1v) is 8.15. The fourth-order valence-corrected chi connectivity index (χ4v) is 3.57. The Morgan fingerprint density at radius 1 is 1.29 bits per heavy atom. The molecule has 0 aromatic heterocycles. The zero-order valence-corrected chi connectivity index (χ0v) is 13.0. The lowest BCUT2D eigenvalue weighted by atomic mass is 10.1. The molecule has 3 atom stereocenters. The van der Waals surface area contributed by atoms with Gasteiger partial charge in [-0.3, -0.25) is 4.90 Å². The second-order valence-electron chi connectivity index (χ2n) is 5.79. The molecule has 0 aromatic carbocycles. The van der Waals surface area contributed by atoms with E-state index in [4.69, 9.17) is 0 Å². The highest BCUT2D eigenvalue weighted by Crippen LogP contribution is 2.26. The fourth-order valence-electron chi connectivity index (χ4n) is 2.45. The van der Waals surface area contributed by atoms with E-state index < -0.39 is 0 Å². The van der Waals surface area contributed by atoms with Crippen molar-refractivity contribution in [1.82, 2.24) is 10.2 Å². The van der Waals surface area contributed by atoms with Crippen molar-refractivity contribution < 1.29 is 0 Å². The smallest absolute Gasteiger partial charge is 0.0186 e. The van der Waals surface area contributed by atoms with Crippen molar-refractivity contribution in [3.05, 3.63) is 0 Å². The van der Waals surface area contributed by atoms with Gasteiger partial charge in [-0.2, -0.15) is 11.8 Å². The molecule has 3 unspecified atom stereocenters. The van der Waals surface area contributed by atoms with E-state index in [-0.39, 0.29) is 0 Å². The Balaban J connectivity index is 2.24. The zero-order chi connectivity index (χ0) is 12.8. The van der Waals surface area contributed by atoms with Crippen LogP contribution in [0.4, 0.5) is 0 Å². The summed E-state index contributed by atoms with van der Waals surface area (Å²) in [4.78, 5) is 2.69. The molecule has 3 heteroatoms. The van der Waals surface area contributed by atoms with Crippen molar-refractivity contribution in [2.75, 3.05) is 25.4 Å². The molecule has 0 aliphatic carbocycles. The van der Waals surface area contributed by atoms with E-state index in [9.17, 15) is 0 Å². The van der Waals surface area contributed by atoms with Gasteiger partial charge in [0.2, 0.25) is 0 Å². The predicted octanol–water partition coefficient (Wildman–Crippen LogP) is 2.84. The third-order valence-corrected chi connectivity index (χ3v) is 5.13. The maximum absolute atomic E-state index is 3.55. The Morgan fingerprint density at radius 3 is 2.65 bits per heavy atom. The minimum atomic E-state index is 0.716. The second-order valence-corrected chi connectivity index (χ2v) is 7.28. The topological polar surface area (TPSA) is 15.3 Å². The molecule has 1 aliphatic rings. The van der Waals surface area contributed by atoms with Crippen LogP contribution >= 0.6 is 11.8 Å². The summed E-state index contributed by atoms with van der Waals surface area (Å²) in [5.74, 6) is 2.06. The second kappa shape index (κ2) is 7.65. The molecule has 102 valence electrons. The molecule has 17 heavy (non-hydrogen) atoms. The van der Waals surface area contributed by atoms with Gasteiger partial charge in [0.1, 0.15) is 0 Å². The number of thioether (sulfide) groups is 1. The van der Waals surface area contributed by atoms with Gasteiger partial charge in [0.25, 0.3) is 0 Å². The van der Waals surface area contributed by atoms with Crippen LogP contribution in [0.3, 0.4) is 0 Å². The van der Waals surface area contributed by atoms with Crippen LogP contribution in [0.15, 0.2) is 0 Å². The molecule has 0 radical (unpaired) electrons. The minimum Gasteiger partial charge on any atom is -0.316 e. The van der Waals surface area contributed by atoms with Gasteiger partial charge < -0.3 is 5.32 Å². The van der Waals surface area contributed by atoms with Crippen LogP contribution in [0.25, 0.3) is 0 Å². The van der Waals surface area contributed by atoms with Gasteiger partial charge in [0.05, 0.1) is 0 Å². The lowest BCUT2D eigenvalue weighted by molar-refractivity contribution is 0.149. The molecule has 0 bridgehead atoms. The SMILES string of the molecule is CC(C)CNCCC(C)N1CCSC(C)C1C. The van der Waals surface area contributed by atoms with Crippen molar-refractivity contribution in [3.63, 3.8) is 0 Å². The first kappa shape index (κ1) is 15.3. The number of nitrogens with one attached hydrogen (secondary N) is 1. The van der Waals surface area contributed by atoms with Gasteiger partial charge >= 0.3 is 0 Å². The largest absolute Gasteiger partial charge is 0.316 e. The molecule has 1 heterocycles. The summed E-state index contributed by atoms with van der Waals surface area (Å²) < 4.78 is 0. The van der Waals surface area contributed by atoms with E-state index in [0.717, 1.165) is 30.3 Å². The number of hydrogen-bond acceptors (Lipinski definition) is 3. The van der Waals surface area contributed by atoms with Gasteiger partial charge in [-0.25, -0.2) is 0 Å². The maximum atomic E-state index is 3.55. The lowest BCUT2D eigenvalue weighted by Gasteiger charge is -2.41. The standard InChI is InChI=1S/C14H30N2S/c1-11(2)10-15-7-6-12(3)16-8-9-17-14(5)13(16)4/h11-15H,6-10H2,1-5H3. The van der Waals surface area contributed by atoms with Crippen LogP contribution < -0.4 is 5.32 Å². The molecule has 0 amide bonds. The quantitative estimate of drug-likeness (QED) is 0.738. The molecule has 0 aromatic rings. The van der Waals surface area contributed by atoms with E-state index in [2.05, 4.69) is 56.6 Å². The summed E-state index contributed by atoms with van der Waals surface area (Å²) in [6.07, 6.45) is 1.27. The summed E-state index contributed by atoms with van der Waals surface area (Å²) in [5.41, 5.74) is 0. The Bertz CT molecular complexity index is 208. The summed E-state index contributed by atoms with van der Waals surface area (Å²) in [6, 6.07) is 1.45. The van der Waals surface area contributed by atoms with Crippen LogP contribution in [0, 0.1) is 5.92 Å². The van der Waals surface area contributed by atoms with E-state index >= 15 is 0 Å². The average Bonchev–Trinajstić information content (AvgIpc) is 2.27. The van der Waals surface area contributed by atoms with Gasteiger partial charge in [0, 0.05) is 29.6 Å². The first-order valence-electron chi connectivity index (χ1n) is 7.10. The summed E-state index contributed by atoms with van der Waals surface area (Å²) in [5, 5.41) is 4.34.